The second kappa shape index (κ2) is 9.35. The molecule has 1 aliphatic heterocycles. The minimum absolute atomic E-state index is 0.0246. The maximum absolute atomic E-state index is 13.5. The Kier molecular flexibility index (Phi) is 6.36. The van der Waals surface area contributed by atoms with Crippen LogP contribution in [0.25, 0.3) is 0 Å². The third-order valence-electron chi connectivity index (χ3n) is 6.46. The number of rotatable bonds is 5. The lowest BCUT2D eigenvalue weighted by Crippen LogP contribution is -2.47. The summed E-state index contributed by atoms with van der Waals surface area (Å²) in [6.45, 7) is 2.31. The van der Waals surface area contributed by atoms with Crippen molar-refractivity contribution in [2.75, 3.05) is 4.90 Å². The summed E-state index contributed by atoms with van der Waals surface area (Å²) in [5, 5.41) is 9.01. The Balaban J connectivity index is 1.62. The molecule has 0 radical (unpaired) electrons. The minimum Gasteiger partial charge on any atom is -0.326 e. The number of anilines is 1. The molecule has 2 aromatic rings. The number of carbonyl (C=O) groups excluding carboxylic acids is 3. The molecule has 1 saturated heterocycles. The van der Waals surface area contributed by atoms with E-state index in [-0.39, 0.29) is 30.1 Å². The van der Waals surface area contributed by atoms with Crippen LogP contribution >= 0.6 is 0 Å². The van der Waals surface area contributed by atoms with Crippen LogP contribution in [0.4, 0.5) is 5.69 Å². The molecule has 2 aliphatic rings. The van der Waals surface area contributed by atoms with Crippen LogP contribution in [0.2, 0.25) is 0 Å². The van der Waals surface area contributed by atoms with Crippen LogP contribution in [0.5, 0.6) is 0 Å². The molecule has 0 N–H and O–H groups in total. The molecule has 2 fully saturated rings. The largest absolute Gasteiger partial charge is 0.326 e. The molecule has 4 rings (SSSR count). The maximum Gasteiger partial charge on any atom is 0.257 e. The molecular weight excluding hydrogens is 402 g/mol. The monoisotopic (exact) mass is 429 g/mol. The Labute approximate surface area is 188 Å². The number of nitrogens with zero attached hydrogens (tertiary/aromatic N) is 3. The average Bonchev–Trinajstić information content (AvgIpc) is 3.12. The van der Waals surface area contributed by atoms with Crippen molar-refractivity contribution in [3.8, 4) is 6.07 Å². The fourth-order valence-electron chi connectivity index (χ4n) is 4.63. The highest BCUT2D eigenvalue weighted by Crippen LogP contribution is 2.31. The Morgan fingerprint density at radius 3 is 2.31 bits per heavy atom. The van der Waals surface area contributed by atoms with Crippen molar-refractivity contribution in [3.63, 3.8) is 0 Å². The summed E-state index contributed by atoms with van der Waals surface area (Å²) in [5.41, 5.74) is 2.95. The van der Waals surface area contributed by atoms with Gasteiger partial charge in [0.15, 0.2) is 0 Å². The summed E-state index contributed by atoms with van der Waals surface area (Å²) in [4.78, 5) is 42.6. The van der Waals surface area contributed by atoms with Crippen LogP contribution in [0, 0.1) is 24.2 Å². The lowest BCUT2D eigenvalue weighted by atomic mass is 9.87. The van der Waals surface area contributed by atoms with E-state index in [4.69, 9.17) is 5.26 Å². The number of hydrogen-bond acceptors (Lipinski definition) is 4. The topological polar surface area (TPSA) is 81.5 Å². The second-order valence-electron chi connectivity index (χ2n) is 8.73. The van der Waals surface area contributed by atoms with Crippen LogP contribution < -0.4 is 4.90 Å². The lowest BCUT2D eigenvalue weighted by molar-refractivity contribution is -0.143. The molecule has 1 heterocycles. The number of carbonyl (C=O) groups is 3. The molecular formula is C26H27N3O3. The van der Waals surface area contributed by atoms with E-state index in [9.17, 15) is 14.4 Å². The summed E-state index contributed by atoms with van der Waals surface area (Å²) in [6, 6.07) is 15.5. The van der Waals surface area contributed by atoms with Gasteiger partial charge in [-0.2, -0.15) is 5.26 Å². The predicted octanol–water partition coefficient (Wildman–Crippen LogP) is 4.11. The van der Waals surface area contributed by atoms with Gasteiger partial charge in [0.2, 0.25) is 11.8 Å². The first-order chi connectivity index (χ1) is 15.5. The van der Waals surface area contributed by atoms with Crippen molar-refractivity contribution >= 4 is 23.4 Å². The molecule has 0 spiro atoms. The number of benzene rings is 2. The van der Waals surface area contributed by atoms with Crippen molar-refractivity contribution in [1.82, 2.24) is 4.90 Å². The van der Waals surface area contributed by atoms with Crippen molar-refractivity contribution in [2.45, 2.75) is 58.0 Å². The molecule has 6 nitrogen and oxygen atoms in total. The van der Waals surface area contributed by atoms with Gasteiger partial charge in [0, 0.05) is 12.5 Å². The van der Waals surface area contributed by atoms with E-state index in [0.29, 0.717) is 17.8 Å². The molecule has 0 aromatic heterocycles. The van der Waals surface area contributed by atoms with Gasteiger partial charge in [-0.15, -0.1) is 0 Å². The Morgan fingerprint density at radius 1 is 1.03 bits per heavy atom. The Bertz CT molecular complexity index is 1050. The van der Waals surface area contributed by atoms with E-state index >= 15 is 0 Å². The standard InChI is InChI=1S/C26H27N3O3/c1-18-7-9-20(10-8-18)17-28(25(31)21-5-3-2-4-6-21)23-15-24(30)29(26(23)32)22-13-11-19(16-27)12-14-22/h7-14,21,23H,2-6,15,17H2,1H3. The van der Waals surface area contributed by atoms with E-state index in [1.165, 1.54) is 0 Å². The van der Waals surface area contributed by atoms with Gasteiger partial charge in [-0.05, 0) is 49.6 Å². The third kappa shape index (κ3) is 4.43. The molecule has 1 atom stereocenters. The zero-order chi connectivity index (χ0) is 22.7. The first-order valence-electron chi connectivity index (χ1n) is 11.2. The maximum atomic E-state index is 13.5. The van der Waals surface area contributed by atoms with Crippen LogP contribution in [0.3, 0.4) is 0 Å². The van der Waals surface area contributed by atoms with Gasteiger partial charge in [-0.3, -0.25) is 14.4 Å². The highest BCUT2D eigenvalue weighted by molar-refractivity contribution is 6.23. The highest BCUT2D eigenvalue weighted by atomic mass is 16.2. The molecule has 2 aromatic carbocycles. The van der Waals surface area contributed by atoms with Crippen molar-refractivity contribution < 1.29 is 14.4 Å². The molecule has 6 heteroatoms. The van der Waals surface area contributed by atoms with Crippen molar-refractivity contribution in [3.05, 3.63) is 65.2 Å². The summed E-state index contributed by atoms with van der Waals surface area (Å²) in [6.07, 6.45) is 4.81. The van der Waals surface area contributed by atoms with Crippen LogP contribution in [-0.4, -0.2) is 28.7 Å². The zero-order valence-corrected chi connectivity index (χ0v) is 18.3. The third-order valence-corrected chi connectivity index (χ3v) is 6.46. The normalized spacial score (nSPS) is 19.1. The van der Waals surface area contributed by atoms with E-state index in [1.807, 2.05) is 37.3 Å². The average molecular weight is 430 g/mol. The lowest BCUT2D eigenvalue weighted by Gasteiger charge is -2.32. The Morgan fingerprint density at radius 2 is 1.69 bits per heavy atom. The van der Waals surface area contributed by atoms with Gasteiger partial charge in [-0.1, -0.05) is 49.1 Å². The summed E-state index contributed by atoms with van der Waals surface area (Å²) in [5.74, 6) is -0.829. The van der Waals surface area contributed by atoms with Crippen molar-refractivity contribution in [1.29, 1.82) is 5.26 Å². The molecule has 1 unspecified atom stereocenters. The quantitative estimate of drug-likeness (QED) is 0.670. The first kappa shape index (κ1) is 21.8. The minimum atomic E-state index is -0.811. The highest BCUT2D eigenvalue weighted by Gasteiger charge is 2.45. The van der Waals surface area contributed by atoms with Crippen molar-refractivity contribution in [2.24, 2.45) is 5.92 Å². The predicted molar refractivity (Wildman–Crippen MR) is 120 cm³/mol. The van der Waals surface area contributed by atoms with Crippen LogP contribution in [-0.2, 0) is 20.9 Å². The van der Waals surface area contributed by atoms with Gasteiger partial charge < -0.3 is 4.90 Å². The molecule has 164 valence electrons. The van der Waals surface area contributed by atoms with Gasteiger partial charge >= 0.3 is 0 Å². The van der Waals surface area contributed by atoms with E-state index in [0.717, 1.165) is 48.1 Å². The number of imide groups is 1. The van der Waals surface area contributed by atoms with Gasteiger partial charge in [-0.25, -0.2) is 4.90 Å². The number of amides is 3. The molecule has 32 heavy (non-hydrogen) atoms. The number of aryl methyl sites for hydroxylation is 1. The van der Waals surface area contributed by atoms with Gasteiger partial charge in [0.25, 0.3) is 5.91 Å². The number of nitriles is 1. The molecule has 0 bridgehead atoms. The van der Waals surface area contributed by atoms with E-state index < -0.39 is 6.04 Å². The second-order valence-corrected chi connectivity index (χ2v) is 8.73. The first-order valence-corrected chi connectivity index (χ1v) is 11.2. The summed E-state index contributed by atoms with van der Waals surface area (Å²) in [7, 11) is 0. The SMILES string of the molecule is Cc1ccc(CN(C(=O)C2CCCCC2)C2CC(=O)N(c3ccc(C#N)cc3)C2=O)cc1. The molecule has 3 amide bonds. The van der Waals surface area contributed by atoms with Gasteiger partial charge in [0.05, 0.1) is 23.7 Å². The van der Waals surface area contributed by atoms with E-state index in [1.54, 1.807) is 29.2 Å². The Hall–Kier alpha value is -3.46. The smallest absolute Gasteiger partial charge is 0.257 e. The van der Waals surface area contributed by atoms with Gasteiger partial charge in [0.1, 0.15) is 6.04 Å². The fraction of sp³-hybridized carbons (Fsp3) is 0.385. The zero-order valence-electron chi connectivity index (χ0n) is 18.3. The van der Waals surface area contributed by atoms with E-state index in [2.05, 4.69) is 0 Å². The summed E-state index contributed by atoms with van der Waals surface area (Å²) < 4.78 is 0. The molecule has 1 saturated carbocycles. The van der Waals surface area contributed by atoms with Crippen LogP contribution in [0.1, 0.15) is 55.2 Å². The molecule has 1 aliphatic carbocycles. The van der Waals surface area contributed by atoms with Crippen LogP contribution in [0.15, 0.2) is 48.5 Å². The summed E-state index contributed by atoms with van der Waals surface area (Å²) >= 11 is 0. The number of hydrogen-bond donors (Lipinski definition) is 0. The fourth-order valence-corrected chi connectivity index (χ4v) is 4.63.